The lowest BCUT2D eigenvalue weighted by Gasteiger charge is -2.28. The van der Waals surface area contributed by atoms with Crippen molar-refractivity contribution in [2.24, 2.45) is 17.3 Å². The van der Waals surface area contributed by atoms with E-state index >= 15 is 0 Å². The molecule has 0 aromatic rings. The summed E-state index contributed by atoms with van der Waals surface area (Å²) < 4.78 is 5.39. The highest BCUT2D eigenvalue weighted by atomic mass is 16.5. The molecule has 0 saturated heterocycles. The zero-order valence-corrected chi connectivity index (χ0v) is 9.12. The maximum Gasteiger partial charge on any atom is 0.146 e. The van der Waals surface area contributed by atoms with E-state index in [9.17, 15) is 4.79 Å². The lowest BCUT2D eigenvalue weighted by Crippen LogP contribution is -2.23. The maximum absolute atomic E-state index is 10.9. The summed E-state index contributed by atoms with van der Waals surface area (Å²) >= 11 is 0. The quantitative estimate of drug-likeness (QED) is 0.630. The van der Waals surface area contributed by atoms with Crippen LogP contribution in [0.2, 0.25) is 0 Å². The smallest absolute Gasteiger partial charge is 0.146 e. The molecule has 0 heterocycles. The van der Waals surface area contributed by atoms with Gasteiger partial charge in [-0.15, -0.1) is 0 Å². The summed E-state index contributed by atoms with van der Waals surface area (Å²) in [7, 11) is 1.78. The fraction of sp³-hybridized carbons (Fsp3) is 0.750. The van der Waals surface area contributed by atoms with Crippen molar-refractivity contribution in [2.75, 3.05) is 7.11 Å². The van der Waals surface area contributed by atoms with Crippen LogP contribution in [0, 0.1) is 17.3 Å². The van der Waals surface area contributed by atoms with Gasteiger partial charge in [-0.3, -0.25) is 4.79 Å². The molecule has 2 aliphatic carbocycles. The van der Waals surface area contributed by atoms with Gasteiger partial charge in [0.2, 0.25) is 0 Å². The van der Waals surface area contributed by atoms with Crippen LogP contribution >= 0.6 is 0 Å². The van der Waals surface area contributed by atoms with Crippen LogP contribution < -0.4 is 0 Å². The number of carbonyl (C=O) groups is 1. The third-order valence-electron chi connectivity index (χ3n) is 4.09. The molecule has 0 spiro atoms. The Labute approximate surface area is 85.3 Å². The lowest BCUT2D eigenvalue weighted by molar-refractivity contribution is -0.105. The van der Waals surface area contributed by atoms with Crippen LogP contribution in [-0.2, 0) is 9.53 Å². The van der Waals surface area contributed by atoms with Crippen molar-refractivity contribution in [3.8, 4) is 0 Å². The van der Waals surface area contributed by atoms with E-state index < -0.39 is 0 Å². The van der Waals surface area contributed by atoms with E-state index in [0.29, 0.717) is 17.9 Å². The van der Waals surface area contributed by atoms with Gasteiger partial charge in [-0.1, -0.05) is 19.9 Å². The standard InChI is InChI=1S/C12H18O2/c1-12(2)9(7-13)4-8-5-10(14-3)6-11(8)12/h4,7-8,10-11H,5-6H2,1-3H3/t8-,10+,11+/m0/s1. The summed E-state index contributed by atoms with van der Waals surface area (Å²) in [6.07, 6.45) is 5.77. The molecule has 2 nitrogen and oxygen atoms in total. The molecular formula is C12H18O2. The van der Waals surface area contributed by atoms with E-state index in [-0.39, 0.29) is 5.41 Å². The highest BCUT2D eigenvalue weighted by Gasteiger charge is 2.48. The Morgan fingerprint density at radius 2 is 2.21 bits per heavy atom. The summed E-state index contributed by atoms with van der Waals surface area (Å²) in [5.41, 5.74) is 1.04. The van der Waals surface area contributed by atoms with Gasteiger partial charge in [0.15, 0.2) is 0 Å². The zero-order chi connectivity index (χ0) is 10.3. The summed E-state index contributed by atoms with van der Waals surface area (Å²) in [6, 6.07) is 0. The topological polar surface area (TPSA) is 26.3 Å². The van der Waals surface area contributed by atoms with Crippen molar-refractivity contribution in [1.29, 1.82) is 0 Å². The molecule has 1 saturated carbocycles. The molecule has 0 aliphatic heterocycles. The summed E-state index contributed by atoms with van der Waals surface area (Å²) in [5.74, 6) is 1.17. The van der Waals surface area contributed by atoms with Crippen molar-refractivity contribution in [3.63, 3.8) is 0 Å². The number of aldehydes is 1. The summed E-state index contributed by atoms with van der Waals surface area (Å²) in [6.45, 7) is 4.35. The highest BCUT2D eigenvalue weighted by molar-refractivity contribution is 5.76. The first kappa shape index (κ1) is 9.91. The van der Waals surface area contributed by atoms with E-state index in [1.165, 1.54) is 0 Å². The fourth-order valence-corrected chi connectivity index (χ4v) is 3.08. The molecule has 0 radical (unpaired) electrons. The highest BCUT2D eigenvalue weighted by Crippen LogP contribution is 2.53. The van der Waals surface area contributed by atoms with E-state index in [2.05, 4.69) is 19.9 Å². The number of rotatable bonds is 2. The van der Waals surface area contributed by atoms with Gasteiger partial charge in [0.25, 0.3) is 0 Å². The largest absolute Gasteiger partial charge is 0.381 e. The average Bonchev–Trinajstić information content (AvgIpc) is 2.65. The van der Waals surface area contributed by atoms with E-state index in [0.717, 1.165) is 24.7 Å². The maximum atomic E-state index is 10.9. The molecule has 2 rings (SSSR count). The molecule has 0 bridgehead atoms. The number of hydrogen-bond donors (Lipinski definition) is 0. The van der Waals surface area contributed by atoms with Crippen LogP contribution in [0.1, 0.15) is 26.7 Å². The van der Waals surface area contributed by atoms with Gasteiger partial charge in [0, 0.05) is 7.11 Å². The number of carbonyl (C=O) groups excluding carboxylic acids is 1. The van der Waals surface area contributed by atoms with Crippen molar-refractivity contribution < 1.29 is 9.53 Å². The Balaban J connectivity index is 2.22. The van der Waals surface area contributed by atoms with E-state index in [1.54, 1.807) is 7.11 Å². The van der Waals surface area contributed by atoms with Crippen molar-refractivity contribution in [2.45, 2.75) is 32.8 Å². The van der Waals surface area contributed by atoms with Crippen LogP contribution in [0.3, 0.4) is 0 Å². The van der Waals surface area contributed by atoms with Crippen molar-refractivity contribution in [1.82, 2.24) is 0 Å². The number of allylic oxidation sites excluding steroid dienone is 2. The van der Waals surface area contributed by atoms with Gasteiger partial charge in [0.1, 0.15) is 6.29 Å². The average molecular weight is 194 g/mol. The van der Waals surface area contributed by atoms with Gasteiger partial charge in [-0.05, 0) is 35.7 Å². The molecule has 0 aromatic carbocycles. The lowest BCUT2D eigenvalue weighted by atomic mass is 9.75. The third-order valence-corrected chi connectivity index (χ3v) is 4.09. The Kier molecular flexibility index (Phi) is 2.26. The molecule has 14 heavy (non-hydrogen) atoms. The molecule has 0 aromatic heterocycles. The molecule has 3 atom stereocenters. The number of hydrogen-bond acceptors (Lipinski definition) is 2. The van der Waals surface area contributed by atoms with Crippen LogP contribution in [0.15, 0.2) is 11.6 Å². The van der Waals surface area contributed by atoms with Crippen molar-refractivity contribution >= 4 is 6.29 Å². The van der Waals surface area contributed by atoms with Crippen LogP contribution in [0.5, 0.6) is 0 Å². The molecule has 0 amide bonds. The van der Waals surface area contributed by atoms with Gasteiger partial charge >= 0.3 is 0 Å². The van der Waals surface area contributed by atoms with E-state index in [4.69, 9.17) is 4.74 Å². The second-order valence-corrected chi connectivity index (χ2v) is 5.06. The van der Waals surface area contributed by atoms with Crippen LogP contribution in [0.25, 0.3) is 0 Å². The predicted molar refractivity (Wildman–Crippen MR) is 54.9 cm³/mol. The Morgan fingerprint density at radius 1 is 1.50 bits per heavy atom. The first-order valence-electron chi connectivity index (χ1n) is 5.30. The molecule has 2 aliphatic rings. The SMILES string of the molecule is CO[C@H]1C[C@@H]2[C@@H](C=C(C=O)C2(C)C)C1. The van der Waals surface area contributed by atoms with Gasteiger partial charge in [-0.25, -0.2) is 0 Å². The number of fused-ring (bicyclic) bond motifs is 1. The summed E-state index contributed by atoms with van der Waals surface area (Å²) in [4.78, 5) is 10.9. The molecule has 1 fully saturated rings. The molecule has 0 unspecified atom stereocenters. The second-order valence-electron chi connectivity index (χ2n) is 5.06. The molecule has 2 heteroatoms. The van der Waals surface area contributed by atoms with Crippen LogP contribution in [0.4, 0.5) is 0 Å². The van der Waals surface area contributed by atoms with Crippen LogP contribution in [-0.4, -0.2) is 19.5 Å². The monoisotopic (exact) mass is 194 g/mol. The van der Waals surface area contributed by atoms with E-state index in [1.807, 2.05) is 0 Å². The normalized spacial score (nSPS) is 39.4. The first-order valence-corrected chi connectivity index (χ1v) is 5.30. The van der Waals surface area contributed by atoms with Gasteiger partial charge < -0.3 is 4.74 Å². The molecule has 0 N–H and O–H groups in total. The Bertz CT molecular complexity index is 278. The predicted octanol–water partition coefficient (Wildman–Crippen LogP) is 2.19. The zero-order valence-electron chi connectivity index (χ0n) is 9.12. The Morgan fingerprint density at radius 3 is 2.71 bits per heavy atom. The fourth-order valence-electron chi connectivity index (χ4n) is 3.08. The Hall–Kier alpha value is -0.630. The van der Waals surface area contributed by atoms with Gasteiger partial charge in [0.05, 0.1) is 6.10 Å². The van der Waals surface area contributed by atoms with Crippen molar-refractivity contribution in [3.05, 3.63) is 11.6 Å². The number of methoxy groups -OCH3 is 1. The summed E-state index contributed by atoms with van der Waals surface area (Å²) in [5, 5.41) is 0. The third kappa shape index (κ3) is 1.24. The second kappa shape index (κ2) is 3.20. The minimum absolute atomic E-state index is 0.0553. The molecule has 78 valence electrons. The minimum Gasteiger partial charge on any atom is -0.381 e. The van der Waals surface area contributed by atoms with Gasteiger partial charge in [-0.2, -0.15) is 0 Å². The first-order chi connectivity index (χ1) is 6.59. The number of ether oxygens (including phenoxy) is 1. The molecular weight excluding hydrogens is 176 g/mol. The minimum atomic E-state index is 0.0553.